The highest BCUT2D eigenvalue weighted by molar-refractivity contribution is 5.76. The molecule has 1 aliphatic carbocycles. The molecule has 0 radical (unpaired) electrons. The molecule has 1 saturated carbocycles. The topological polar surface area (TPSA) is 103 Å². The lowest BCUT2D eigenvalue weighted by Gasteiger charge is -2.33. The SMILES string of the molecule is CCOC(=O)N1CCN(C(=O)Cn2nc(-c3cccnc3)n(C3CC3)c2=O)CC1. The summed E-state index contributed by atoms with van der Waals surface area (Å²) >= 11 is 0. The third kappa shape index (κ3) is 4.01. The van der Waals surface area contributed by atoms with E-state index >= 15 is 0 Å². The molecule has 1 aliphatic heterocycles. The number of piperazine rings is 1. The maximum absolute atomic E-state index is 12.9. The van der Waals surface area contributed by atoms with Gasteiger partial charge in [-0.3, -0.25) is 14.3 Å². The lowest BCUT2D eigenvalue weighted by atomic mass is 10.3. The first kappa shape index (κ1) is 19.2. The summed E-state index contributed by atoms with van der Waals surface area (Å²) in [6, 6.07) is 3.79. The molecule has 0 atom stereocenters. The van der Waals surface area contributed by atoms with E-state index in [1.54, 1.807) is 39.8 Å². The van der Waals surface area contributed by atoms with Crippen molar-refractivity contribution in [2.24, 2.45) is 0 Å². The molecule has 29 heavy (non-hydrogen) atoms. The van der Waals surface area contributed by atoms with Crippen LogP contribution in [0.3, 0.4) is 0 Å². The second kappa shape index (κ2) is 8.06. The molecular formula is C19H24N6O4. The van der Waals surface area contributed by atoms with Gasteiger partial charge in [0.15, 0.2) is 5.82 Å². The van der Waals surface area contributed by atoms with E-state index in [0.29, 0.717) is 38.6 Å². The second-order valence-corrected chi connectivity index (χ2v) is 7.17. The molecule has 1 saturated heterocycles. The van der Waals surface area contributed by atoms with E-state index in [1.165, 1.54) is 4.68 Å². The molecule has 0 unspecified atom stereocenters. The van der Waals surface area contributed by atoms with Crippen molar-refractivity contribution in [1.82, 2.24) is 29.1 Å². The number of carbonyl (C=O) groups excluding carboxylic acids is 2. The van der Waals surface area contributed by atoms with E-state index in [-0.39, 0.29) is 30.3 Å². The van der Waals surface area contributed by atoms with Crippen LogP contribution in [0.1, 0.15) is 25.8 Å². The second-order valence-electron chi connectivity index (χ2n) is 7.17. The average molecular weight is 400 g/mol. The van der Waals surface area contributed by atoms with Gasteiger partial charge in [-0.2, -0.15) is 0 Å². The molecule has 4 rings (SSSR count). The Kier molecular flexibility index (Phi) is 5.32. The van der Waals surface area contributed by atoms with Gasteiger partial charge in [0.1, 0.15) is 6.54 Å². The number of ether oxygens (including phenoxy) is 1. The summed E-state index contributed by atoms with van der Waals surface area (Å²) in [5.74, 6) is 0.360. The Morgan fingerprint density at radius 2 is 1.90 bits per heavy atom. The van der Waals surface area contributed by atoms with E-state index in [0.717, 1.165) is 18.4 Å². The number of carbonyl (C=O) groups is 2. The summed E-state index contributed by atoms with van der Waals surface area (Å²) in [5, 5.41) is 4.44. The third-order valence-corrected chi connectivity index (χ3v) is 5.15. The molecule has 2 amide bonds. The van der Waals surface area contributed by atoms with Crippen LogP contribution in [0, 0.1) is 0 Å². The number of hydrogen-bond acceptors (Lipinski definition) is 6. The normalized spacial score (nSPS) is 16.7. The van der Waals surface area contributed by atoms with E-state index in [2.05, 4.69) is 10.1 Å². The van der Waals surface area contributed by atoms with Crippen molar-refractivity contribution in [3.63, 3.8) is 0 Å². The predicted octanol–water partition coefficient (Wildman–Crippen LogP) is 0.742. The minimum atomic E-state index is -0.361. The highest BCUT2D eigenvalue weighted by Gasteiger charge is 2.31. The molecule has 10 heteroatoms. The standard InChI is InChI=1S/C19H24N6O4/c1-2-29-19(28)23-10-8-22(9-11-23)16(26)13-24-18(27)25(15-5-6-15)17(21-24)14-4-3-7-20-12-14/h3-4,7,12,15H,2,5-6,8-11,13H2,1H3. The molecule has 0 N–H and O–H groups in total. The first-order valence-corrected chi connectivity index (χ1v) is 9.87. The number of aromatic nitrogens is 4. The fourth-order valence-electron chi connectivity index (χ4n) is 3.46. The molecule has 2 aromatic heterocycles. The van der Waals surface area contributed by atoms with Crippen LogP contribution in [0.4, 0.5) is 4.79 Å². The fraction of sp³-hybridized carbons (Fsp3) is 0.526. The summed E-state index contributed by atoms with van der Waals surface area (Å²) in [5.41, 5.74) is 0.482. The summed E-state index contributed by atoms with van der Waals surface area (Å²) in [6.07, 6.45) is 4.84. The largest absolute Gasteiger partial charge is 0.450 e. The minimum Gasteiger partial charge on any atom is -0.450 e. The number of amides is 2. The van der Waals surface area contributed by atoms with Gasteiger partial charge in [0.05, 0.1) is 6.61 Å². The van der Waals surface area contributed by atoms with Gasteiger partial charge in [-0.05, 0) is 31.9 Å². The molecule has 10 nitrogen and oxygen atoms in total. The van der Waals surface area contributed by atoms with Crippen LogP contribution in [0.15, 0.2) is 29.3 Å². The van der Waals surface area contributed by atoms with Crippen molar-refractivity contribution < 1.29 is 14.3 Å². The highest BCUT2D eigenvalue weighted by Crippen LogP contribution is 2.36. The first-order valence-electron chi connectivity index (χ1n) is 9.87. The van der Waals surface area contributed by atoms with Gasteiger partial charge in [-0.15, -0.1) is 5.10 Å². The zero-order chi connectivity index (χ0) is 20.4. The number of pyridine rings is 1. The van der Waals surface area contributed by atoms with Crippen molar-refractivity contribution in [2.45, 2.75) is 32.4 Å². The van der Waals surface area contributed by atoms with Crippen LogP contribution in [0.25, 0.3) is 11.4 Å². The van der Waals surface area contributed by atoms with Crippen LogP contribution < -0.4 is 5.69 Å². The van der Waals surface area contributed by atoms with E-state index < -0.39 is 0 Å². The number of nitrogens with zero attached hydrogens (tertiary/aromatic N) is 6. The van der Waals surface area contributed by atoms with Crippen molar-refractivity contribution in [3.05, 3.63) is 35.0 Å². The number of hydrogen-bond donors (Lipinski definition) is 0. The maximum Gasteiger partial charge on any atom is 0.409 e. The van der Waals surface area contributed by atoms with Gasteiger partial charge < -0.3 is 14.5 Å². The number of rotatable bonds is 5. The molecule has 0 bridgehead atoms. The van der Waals surface area contributed by atoms with Crippen LogP contribution in [-0.4, -0.2) is 73.9 Å². The Hall–Kier alpha value is -3.17. The molecular weight excluding hydrogens is 376 g/mol. The zero-order valence-corrected chi connectivity index (χ0v) is 16.4. The van der Waals surface area contributed by atoms with E-state index in [4.69, 9.17) is 4.74 Å². The van der Waals surface area contributed by atoms with Crippen molar-refractivity contribution >= 4 is 12.0 Å². The molecule has 2 aliphatic rings. The Balaban J connectivity index is 1.47. The van der Waals surface area contributed by atoms with Crippen LogP contribution in [0.2, 0.25) is 0 Å². The summed E-state index contributed by atoms with van der Waals surface area (Å²) in [7, 11) is 0. The van der Waals surface area contributed by atoms with Crippen LogP contribution >= 0.6 is 0 Å². The minimum absolute atomic E-state index is 0.120. The highest BCUT2D eigenvalue weighted by atomic mass is 16.6. The quantitative estimate of drug-likeness (QED) is 0.734. The molecule has 2 aromatic rings. The Morgan fingerprint density at radius 3 is 2.52 bits per heavy atom. The summed E-state index contributed by atoms with van der Waals surface area (Å²) in [6.45, 7) is 3.61. The molecule has 154 valence electrons. The summed E-state index contributed by atoms with van der Waals surface area (Å²) < 4.78 is 7.90. The van der Waals surface area contributed by atoms with Gasteiger partial charge in [0, 0.05) is 50.2 Å². The van der Waals surface area contributed by atoms with Crippen LogP contribution in [0.5, 0.6) is 0 Å². The maximum atomic E-state index is 12.9. The van der Waals surface area contributed by atoms with Gasteiger partial charge in [0.2, 0.25) is 5.91 Å². The average Bonchev–Trinajstić information content (AvgIpc) is 3.53. The van der Waals surface area contributed by atoms with Gasteiger partial charge in [-0.25, -0.2) is 14.3 Å². The lowest BCUT2D eigenvalue weighted by Crippen LogP contribution is -2.51. The van der Waals surface area contributed by atoms with Gasteiger partial charge >= 0.3 is 11.8 Å². The predicted molar refractivity (Wildman–Crippen MR) is 103 cm³/mol. The lowest BCUT2D eigenvalue weighted by molar-refractivity contribution is -0.133. The zero-order valence-electron chi connectivity index (χ0n) is 16.4. The van der Waals surface area contributed by atoms with Gasteiger partial charge in [-0.1, -0.05) is 0 Å². The third-order valence-electron chi connectivity index (χ3n) is 5.15. The monoisotopic (exact) mass is 400 g/mol. The summed E-state index contributed by atoms with van der Waals surface area (Å²) in [4.78, 5) is 44.8. The fourth-order valence-corrected chi connectivity index (χ4v) is 3.46. The van der Waals surface area contributed by atoms with Crippen molar-refractivity contribution in [1.29, 1.82) is 0 Å². The van der Waals surface area contributed by atoms with Crippen molar-refractivity contribution in [3.8, 4) is 11.4 Å². The molecule has 3 heterocycles. The van der Waals surface area contributed by atoms with E-state index in [9.17, 15) is 14.4 Å². The van der Waals surface area contributed by atoms with Crippen LogP contribution in [-0.2, 0) is 16.1 Å². The first-order chi connectivity index (χ1) is 14.1. The Labute approximate surface area is 167 Å². The Bertz CT molecular complexity index is 941. The molecule has 2 fully saturated rings. The molecule has 0 spiro atoms. The Morgan fingerprint density at radius 1 is 1.17 bits per heavy atom. The van der Waals surface area contributed by atoms with E-state index in [1.807, 2.05) is 6.07 Å². The van der Waals surface area contributed by atoms with Gasteiger partial charge in [0.25, 0.3) is 0 Å². The van der Waals surface area contributed by atoms with Crippen molar-refractivity contribution in [2.75, 3.05) is 32.8 Å². The molecule has 0 aromatic carbocycles. The smallest absolute Gasteiger partial charge is 0.409 e.